The van der Waals surface area contributed by atoms with Crippen molar-refractivity contribution in [3.8, 4) is 0 Å². The first-order chi connectivity index (χ1) is 12.0. The maximum absolute atomic E-state index is 6.77. The second-order valence-corrected chi connectivity index (χ2v) is 10.3. The molecule has 0 aliphatic heterocycles. The number of rotatable bonds is 8. The molecule has 144 valence electrons. The summed E-state index contributed by atoms with van der Waals surface area (Å²) < 4.78 is 13.2. The van der Waals surface area contributed by atoms with Crippen LogP contribution in [0.4, 0.5) is 0 Å². The molecule has 0 aromatic carbocycles. The number of hydrogen-bond donors (Lipinski definition) is 0. The van der Waals surface area contributed by atoms with E-state index in [0.29, 0.717) is 30.3 Å². The summed E-state index contributed by atoms with van der Waals surface area (Å²) in [5.74, 6) is 5.10. The minimum Gasteiger partial charge on any atom is -0.375 e. The van der Waals surface area contributed by atoms with Crippen molar-refractivity contribution in [3.05, 3.63) is 0 Å². The topological polar surface area (TPSA) is 18.5 Å². The lowest BCUT2D eigenvalue weighted by molar-refractivity contribution is -0.0859. The van der Waals surface area contributed by atoms with E-state index in [1.165, 1.54) is 51.4 Å². The van der Waals surface area contributed by atoms with Gasteiger partial charge in [-0.3, -0.25) is 0 Å². The van der Waals surface area contributed by atoms with Crippen LogP contribution < -0.4 is 0 Å². The van der Waals surface area contributed by atoms with Crippen molar-refractivity contribution in [2.24, 2.45) is 35.5 Å². The SMILES string of the molecule is CCC(C)OC1CC2CC(CC(OC3CC4CCC3C4)C(C)C)C1C2. The number of fused-ring (bicyclic) bond motifs is 4. The highest BCUT2D eigenvalue weighted by atomic mass is 16.5. The lowest BCUT2D eigenvalue weighted by Gasteiger charge is -2.36. The minimum atomic E-state index is 0.427. The van der Waals surface area contributed by atoms with Crippen molar-refractivity contribution < 1.29 is 9.47 Å². The summed E-state index contributed by atoms with van der Waals surface area (Å²) in [6.07, 6.45) is 14.3. The highest BCUT2D eigenvalue weighted by molar-refractivity contribution is 4.98. The minimum absolute atomic E-state index is 0.427. The van der Waals surface area contributed by atoms with Gasteiger partial charge >= 0.3 is 0 Å². The highest BCUT2D eigenvalue weighted by Crippen LogP contribution is 2.53. The molecule has 4 saturated carbocycles. The molecule has 25 heavy (non-hydrogen) atoms. The van der Waals surface area contributed by atoms with Crippen molar-refractivity contribution in [1.29, 1.82) is 0 Å². The lowest BCUT2D eigenvalue weighted by Crippen LogP contribution is -2.36. The molecule has 0 heterocycles. The van der Waals surface area contributed by atoms with Crippen LogP contribution in [0.15, 0.2) is 0 Å². The molecular weight excluding hydrogens is 308 g/mol. The first kappa shape index (κ1) is 18.3. The van der Waals surface area contributed by atoms with E-state index < -0.39 is 0 Å². The van der Waals surface area contributed by atoms with Gasteiger partial charge in [0.1, 0.15) is 0 Å². The van der Waals surface area contributed by atoms with Crippen LogP contribution in [-0.2, 0) is 9.47 Å². The Labute approximate surface area is 155 Å². The number of hydrogen-bond acceptors (Lipinski definition) is 2. The third-order valence-corrected chi connectivity index (χ3v) is 8.17. The number of ether oxygens (including phenoxy) is 2. The molecule has 2 nitrogen and oxygen atoms in total. The first-order valence-corrected chi connectivity index (χ1v) is 11.3. The molecule has 0 N–H and O–H groups in total. The van der Waals surface area contributed by atoms with Gasteiger partial charge in [0.2, 0.25) is 0 Å². The fourth-order valence-electron chi connectivity index (χ4n) is 6.61. The van der Waals surface area contributed by atoms with Crippen LogP contribution in [0.25, 0.3) is 0 Å². The third kappa shape index (κ3) is 3.81. The second kappa shape index (κ2) is 7.50. The molecule has 0 saturated heterocycles. The monoisotopic (exact) mass is 348 g/mol. The smallest absolute Gasteiger partial charge is 0.0612 e. The molecule has 4 bridgehead atoms. The summed E-state index contributed by atoms with van der Waals surface area (Å²) >= 11 is 0. The molecule has 4 aliphatic carbocycles. The Kier molecular flexibility index (Phi) is 5.49. The first-order valence-electron chi connectivity index (χ1n) is 11.3. The fraction of sp³-hybridized carbons (Fsp3) is 1.00. The molecule has 9 atom stereocenters. The third-order valence-electron chi connectivity index (χ3n) is 8.17. The average molecular weight is 349 g/mol. The predicted molar refractivity (Wildman–Crippen MR) is 103 cm³/mol. The Bertz CT molecular complexity index is 447. The lowest BCUT2D eigenvalue weighted by atomic mass is 9.81. The van der Waals surface area contributed by atoms with Gasteiger partial charge in [0.05, 0.1) is 24.4 Å². The van der Waals surface area contributed by atoms with Gasteiger partial charge < -0.3 is 9.47 Å². The summed E-state index contributed by atoms with van der Waals surface area (Å²) in [5.41, 5.74) is 0. The molecule has 4 fully saturated rings. The van der Waals surface area contributed by atoms with Gasteiger partial charge in [-0.1, -0.05) is 20.8 Å². The van der Waals surface area contributed by atoms with E-state index in [0.717, 1.165) is 36.0 Å². The second-order valence-electron chi connectivity index (χ2n) is 10.3. The molecule has 0 aromatic rings. The summed E-state index contributed by atoms with van der Waals surface area (Å²) in [7, 11) is 0. The van der Waals surface area contributed by atoms with Gasteiger partial charge in [0.15, 0.2) is 0 Å². The van der Waals surface area contributed by atoms with Crippen molar-refractivity contribution in [2.45, 2.75) is 110 Å². The van der Waals surface area contributed by atoms with Crippen LogP contribution in [0.2, 0.25) is 0 Å². The van der Waals surface area contributed by atoms with E-state index in [1.54, 1.807) is 0 Å². The largest absolute Gasteiger partial charge is 0.375 e. The van der Waals surface area contributed by atoms with Crippen LogP contribution in [0.3, 0.4) is 0 Å². The van der Waals surface area contributed by atoms with Crippen LogP contribution in [-0.4, -0.2) is 24.4 Å². The Morgan fingerprint density at radius 2 is 1.64 bits per heavy atom. The van der Waals surface area contributed by atoms with Crippen LogP contribution >= 0.6 is 0 Å². The predicted octanol–water partition coefficient (Wildman–Crippen LogP) is 5.84. The van der Waals surface area contributed by atoms with Gasteiger partial charge in [-0.2, -0.15) is 0 Å². The van der Waals surface area contributed by atoms with Gasteiger partial charge in [0.25, 0.3) is 0 Å². The van der Waals surface area contributed by atoms with Crippen LogP contribution in [0.5, 0.6) is 0 Å². The van der Waals surface area contributed by atoms with E-state index >= 15 is 0 Å². The van der Waals surface area contributed by atoms with Gasteiger partial charge in [-0.05, 0) is 100 Å². The van der Waals surface area contributed by atoms with E-state index in [-0.39, 0.29) is 0 Å². The van der Waals surface area contributed by atoms with Crippen molar-refractivity contribution >= 4 is 0 Å². The summed E-state index contributed by atoms with van der Waals surface area (Å²) in [4.78, 5) is 0. The zero-order valence-corrected chi connectivity index (χ0v) is 17.0. The summed E-state index contributed by atoms with van der Waals surface area (Å²) in [6.45, 7) is 9.24. The van der Waals surface area contributed by atoms with E-state index in [1.807, 2.05) is 0 Å². The maximum Gasteiger partial charge on any atom is 0.0612 e. The van der Waals surface area contributed by atoms with Crippen molar-refractivity contribution in [3.63, 3.8) is 0 Å². The van der Waals surface area contributed by atoms with E-state index in [2.05, 4.69) is 27.7 Å². The van der Waals surface area contributed by atoms with Crippen LogP contribution in [0, 0.1) is 35.5 Å². The van der Waals surface area contributed by atoms with Crippen LogP contribution in [0.1, 0.15) is 85.5 Å². The van der Waals surface area contributed by atoms with Gasteiger partial charge in [-0.15, -0.1) is 0 Å². The van der Waals surface area contributed by atoms with Gasteiger partial charge in [0, 0.05) is 0 Å². The summed E-state index contributed by atoms with van der Waals surface area (Å²) in [5, 5.41) is 0. The fourth-order valence-corrected chi connectivity index (χ4v) is 6.61. The molecule has 0 radical (unpaired) electrons. The summed E-state index contributed by atoms with van der Waals surface area (Å²) in [6, 6.07) is 0. The Morgan fingerprint density at radius 1 is 0.840 bits per heavy atom. The molecule has 0 amide bonds. The molecule has 4 rings (SSSR count). The molecule has 0 aromatic heterocycles. The normalized spacial score (nSPS) is 44.8. The van der Waals surface area contributed by atoms with Crippen molar-refractivity contribution in [2.75, 3.05) is 0 Å². The van der Waals surface area contributed by atoms with Gasteiger partial charge in [-0.25, -0.2) is 0 Å². The molecule has 4 aliphatic rings. The maximum atomic E-state index is 6.77. The zero-order chi connectivity index (χ0) is 17.6. The molecular formula is C23H40O2. The Hall–Kier alpha value is -0.0800. The van der Waals surface area contributed by atoms with E-state index in [4.69, 9.17) is 9.47 Å². The highest BCUT2D eigenvalue weighted by Gasteiger charge is 2.48. The Morgan fingerprint density at radius 3 is 2.24 bits per heavy atom. The van der Waals surface area contributed by atoms with E-state index in [9.17, 15) is 0 Å². The standard InChI is InChI=1S/C23H40O2/c1-5-15(4)24-23-12-17-9-19(20(23)10-17)13-21(14(2)3)25-22-11-16-6-7-18(22)8-16/h14-23H,5-13H2,1-4H3. The average Bonchev–Trinajstić information content (AvgIpc) is 3.34. The quantitative estimate of drug-likeness (QED) is 0.549. The molecule has 0 spiro atoms. The molecule has 2 heteroatoms. The Balaban J connectivity index is 1.34. The van der Waals surface area contributed by atoms with Crippen molar-refractivity contribution in [1.82, 2.24) is 0 Å². The molecule has 9 unspecified atom stereocenters. The zero-order valence-electron chi connectivity index (χ0n) is 17.0.